The van der Waals surface area contributed by atoms with Crippen molar-refractivity contribution in [1.82, 2.24) is 4.31 Å². The molecule has 1 aromatic carbocycles. The van der Waals surface area contributed by atoms with Gasteiger partial charge in [-0.1, -0.05) is 6.42 Å². The first-order valence-electron chi connectivity index (χ1n) is 8.33. The van der Waals surface area contributed by atoms with Crippen LogP contribution in [0.4, 0.5) is 0 Å². The van der Waals surface area contributed by atoms with Gasteiger partial charge in [-0.25, -0.2) is 4.31 Å². The highest BCUT2D eigenvalue weighted by molar-refractivity contribution is 7.97. The van der Waals surface area contributed by atoms with Gasteiger partial charge in [-0.05, 0) is 74.7 Å². The van der Waals surface area contributed by atoms with E-state index in [2.05, 4.69) is 30.3 Å². The summed E-state index contributed by atoms with van der Waals surface area (Å²) in [5, 5.41) is 8.84. The molecule has 0 saturated carbocycles. The highest BCUT2D eigenvalue weighted by atomic mass is 32.2. The Morgan fingerprint density at radius 1 is 1.35 bits per heavy atom. The Morgan fingerprint density at radius 3 is 2.65 bits per heavy atom. The molecule has 1 heterocycles. The zero-order chi connectivity index (χ0) is 16.8. The summed E-state index contributed by atoms with van der Waals surface area (Å²) in [6.07, 6.45) is 5.63. The molecular weight excluding hydrogens is 310 g/mol. The first-order chi connectivity index (χ1) is 11.0. The Hall–Kier alpha value is -1.20. The van der Waals surface area contributed by atoms with E-state index >= 15 is 0 Å². The number of piperidine rings is 1. The number of carbonyl (C=O) groups is 1. The van der Waals surface area contributed by atoms with Gasteiger partial charge in [0, 0.05) is 23.9 Å². The van der Waals surface area contributed by atoms with Crippen LogP contribution in [0, 0.1) is 13.8 Å². The largest absolute Gasteiger partial charge is 0.497 e. The molecule has 5 heteroatoms. The normalized spacial score (nSPS) is 18.8. The third kappa shape index (κ3) is 5.15. The van der Waals surface area contributed by atoms with Crippen LogP contribution < -0.4 is 4.74 Å². The van der Waals surface area contributed by atoms with Crippen LogP contribution in [-0.2, 0) is 4.79 Å². The van der Waals surface area contributed by atoms with Crippen molar-refractivity contribution in [2.45, 2.75) is 63.3 Å². The maximum Gasteiger partial charge on any atom is 0.303 e. The summed E-state index contributed by atoms with van der Waals surface area (Å²) in [5.74, 6) is 0.211. The van der Waals surface area contributed by atoms with E-state index in [0.29, 0.717) is 6.04 Å². The second-order valence-corrected chi connectivity index (χ2v) is 7.32. The van der Waals surface area contributed by atoms with Crippen molar-refractivity contribution in [2.75, 3.05) is 13.7 Å². The number of benzene rings is 1. The number of ether oxygens (including phenoxy) is 1. The smallest absolute Gasteiger partial charge is 0.303 e. The molecule has 2 rings (SSSR count). The van der Waals surface area contributed by atoms with Gasteiger partial charge in [0.2, 0.25) is 0 Å². The van der Waals surface area contributed by atoms with Crippen LogP contribution in [0.3, 0.4) is 0 Å². The first kappa shape index (κ1) is 18.1. The van der Waals surface area contributed by atoms with Crippen molar-refractivity contribution in [1.29, 1.82) is 0 Å². The molecule has 1 unspecified atom stereocenters. The van der Waals surface area contributed by atoms with Crippen LogP contribution in [0.5, 0.6) is 5.75 Å². The molecule has 1 aliphatic rings. The highest BCUT2D eigenvalue weighted by Gasteiger charge is 2.24. The van der Waals surface area contributed by atoms with Crippen molar-refractivity contribution in [3.05, 3.63) is 23.3 Å². The molecule has 0 bridgehead atoms. The van der Waals surface area contributed by atoms with Crippen LogP contribution in [-0.4, -0.2) is 35.1 Å². The Morgan fingerprint density at radius 2 is 2.04 bits per heavy atom. The van der Waals surface area contributed by atoms with E-state index in [0.717, 1.165) is 25.1 Å². The van der Waals surface area contributed by atoms with Crippen LogP contribution in [0.25, 0.3) is 0 Å². The second kappa shape index (κ2) is 8.60. The minimum Gasteiger partial charge on any atom is -0.497 e. The van der Waals surface area contributed by atoms with Gasteiger partial charge in [-0.15, -0.1) is 0 Å². The van der Waals surface area contributed by atoms with Crippen LogP contribution in [0.1, 0.15) is 49.7 Å². The van der Waals surface area contributed by atoms with Gasteiger partial charge < -0.3 is 9.84 Å². The Bertz CT molecular complexity index is 524. The van der Waals surface area contributed by atoms with Crippen LogP contribution >= 0.6 is 11.9 Å². The predicted molar refractivity (Wildman–Crippen MR) is 94.2 cm³/mol. The number of aliphatic carboxylic acids is 1. The molecule has 4 nitrogen and oxygen atoms in total. The Kier molecular flexibility index (Phi) is 6.78. The monoisotopic (exact) mass is 337 g/mol. The number of hydrogen-bond donors (Lipinski definition) is 1. The van der Waals surface area contributed by atoms with Gasteiger partial charge in [-0.2, -0.15) is 0 Å². The average molecular weight is 337 g/mol. The summed E-state index contributed by atoms with van der Waals surface area (Å²) >= 11 is 1.83. The predicted octanol–water partition coefficient (Wildman–Crippen LogP) is 4.43. The molecular formula is C18H27NO3S. The summed E-state index contributed by atoms with van der Waals surface area (Å²) in [5.41, 5.74) is 2.48. The molecule has 1 saturated heterocycles. The highest BCUT2D eigenvalue weighted by Crippen LogP contribution is 2.37. The van der Waals surface area contributed by atoms with Crippen molar-refractivity contribution >= 4 is 17.9 Å². The van der Waals surface area contributed by atoms with E-state index in [1.165, 1.54) is 35.3 Å². The maximum atomic E-state index is 10.7. The molecule has 1 aliphatic heterocycles. The van der Waals surface area contributed by atoms with Crippen LogP contribution in [0.15, 0.2) is 17.0 Å². The fourth-order valence-corrected chi connectivity index (χ4v) is 4.38. The first-order valence-corrected chi connectivity index (χ1v) is 9.10. The van der Waals surface area contributed by atoms with Crippen LogP contribution in [0.2, 0.25) is 0 Å². The number of carboxylic acid groups (broad SMARTS) is 1. The molecule has 1 atom stereocenters. The number of rotatable bonds is 7. The fraction of sp³-hybridized carbons (Fsp3) is 0.611. The third-order valence-corrected chi connectivity index (χ3v) is 5.92. The fourth-order valence-electron chi connectivity index (χ4n) is 3.16. The standard InChI is InChI=1S/C18H27NO3S/c1-13-11-16(22-3)12-14(2)18(13)23-19-10-5-4-7-15(19)8-6-9-17(20)21/h11-12,15H,4-10H2,1-3H3,(H,20,21). The molecule has 1 fully saturated rings. The lowest BCUT2D eigenvalue weighted by Crippen LogP contribution is -2.34. The molecule has 128 valence electrons. The van der Waals surface area contributed by atoms with E-state index in [9.17, 15) is 4.79 Å². The molecule has 0 radical (unpaired) electrons. The van der Waals surface area contributed by atoms with E-state index < -0.39 is 5.97 Å². The van der Waals surface area contributed by atoms with Gasteiger partial charge in [0.05, 0.1) is 7.11 Å². The van der Waals surface area contributed by atoms with Gasteiger partial charge in [0.15, 0.2) is 0 Å². The lowest BCUT2D eigenvalue weighted by molar-refractivity contribution is -0.137. The summed E-state index contributed by atoms with van der Waals surface area (Å²) in [6, 6.07) is 4.64. The van der Waals surface area contributed by atoms with Gasteiger partial charge in [-0.3, -0.25) is 4.79 Å². The van der Waals surface area contributed by atoms with Crippen molar-refractivity contribution in [3.63, 3.8) is 0 Å². The number of aryl methyl sites for hydroxylation is 2. The molecule has 23 heavy (non-hydrogen) atoms. The van der Waals surface area contributed by atoms with Gasteiger partial charge >= 0.3 is 5.97 Å². The molecule has 0 aromatic heterocycles. The van der Waals surface area contributed by atoms with Crippen molar-refractivity contribution in [3.8, 4) is 5.75 Å². The lowest BCUT2D eigenvalue weighted by atomic mass is 10.00. The Balaban J connectivity index is 2.05. The Labute approximate surface area is 143 Å². The van der Waals surface area contributed by atoms with E-state index in [1.54, 1.807) is 7.11 Å². The minimum absolute atomic E-state index is 0.273. The lowest BCUT2D eigenvalue weighted by Gasteiger charge is -2.35. The second-order valence-electron chi connectivity index (χ2n) is 6.26. The number of nitrogens with zero attached hydrogens (tertiary/aromatic N) is 1. The zero-order valence-electron chi connectivity index (χ0n) is 14.3. The topological polar surface area (TPSA) is 49.8 Å². The van der Waals surface area contributed by atoms with Crippen molar-refractivity contribution < 1.29 is 14.6 Å². The quantitative estimate of drug-likeness (QED) is 0.746. The minimum atomic E-state index is -0.693. The molecule has 1 aromatic rings. The number of methoxy groups -OCH3 is 1. The average Bonchev–Trinajstić information content (AvgIpc) is 2.51. The van der Waals surface area contributed by atoms with Gasteiger partial charge in [0.1, 0.15) is 5.75 Å². The van der Waals surface area contributed by atoms with E-state index in [-0.39, 0.29) is 6.42 Å². The third-order valence-electron chi connectivity index (χ3n) is 4.38. The molecule has 0 aliphatic carbocycles. The summed E-state index contributed by atoms with van der Waals surface area (Å²) in [7, 11) is 1.70. The van der Waals surface area contributed by atoms with E-state index in [1.807, 2.05) is 11.9 Å². The van der Waals surface area contributed by atoms with Gasteiger partial charge in [0.25, 0.3) is 0 Å². The summed E-state index contributed by atoms with van der Waals surface area (Å²) in [6.45, 7) is 5.33. The maximum absolute atomic E-state index is 10.7. The molecule has 0 amide bonds. The molecule has 0 spiro atoms. The SMILES string of the molecule is COc1cc(C)c(SN2CCCCC2CCCC(=O)O)c(C)c1. The van der Waals surface area contributed by atoms with Crippen molar-refractivity contribution in [2.24, 2.45) is 0 Å². The zero-order valence-corrected chi connectivity index (χ0v) is 15.1. The number of carboxylic acids is 1. The van der Waals surface area contributed by atoms with E-state index in [4.69, 9.17) is 9.84 Å². The molecule has 1 N–H and O–H groups in total. The number of hydrogen-bond acceptors (Lipinski definition) is 4. The summed E-state index contributed by atoms with van der Waals surface area (Å²) < 4.78 is 7.80. The summed E-state index contributed by atoms with van der Waals surface area (Å²) in [4.78, 5) is 12.0.